The van der Waals surface area contributed by atoms with Crippen molar-refractivity contribution in [3.8, 4) is 0 Å². The molecular weight excluding hydrogens is 412 g/mol. The zero-order valence-corrected chi connectivity index (χ0v) is 22.7. The van der Waals surface area contributed by atoms with Gasteiger partial charge in [-0.1, -0.05) is 92.4 Å². The third-order valence-corrected chi connectivity index (χ3v) is 7.57. The van der Waals surface area contributed by atoms with E-state index < -0.39 is 17.3 Å². The van der Waals surface area contributed by atoms with Crippen molar-refractivity contribution in [2.45, 2.75) is 150 Å². The van der Waals surface area contributed by atoms with Crippen LogP contribution in [-0.4, -0.2) is 23.1 Å². The first-order valence-electron chi connectivity index (χ1n) is 13.9. The number of aliphatic carboxylic acids is 1. The standard InChI is InChI=1S/C29H54O4/c1-7-8-9-10-11-12-13-14-17-24(20-19-23(2)22-28(3,4)5)33-27(32)29(6)21-16-15-18-25(29)26(30)31/h23-25H,7-22H2,1-6H3,(H,30,31). The first kappa shape index (κ1) is 30.0. The van der Waals surface area contributed by atoms with Gasteiger partial charge >= 0.3 is 11.9 Å². The van der Waals surface area contributed by atoms with Crippen LogP contribution in [0.5, 0.6) is 0 Å². The summed E-state index contributed by atoms with van der Waals surface area (Å²) in [6.45, 7) is 13.2. The normalized spacial score (nSPS) is 23.2. The molecule has 0 aliphatic heterocycles. The van der Waals surface area contributed by atoms with Gasteiger partial charge < -0.3 is 9.84 Å². The molecule has 0 aromatic heterocycles. The van der Waals surface area contributed by atoms with Crippen molar-refractivity contribution >= 4 is 11.9 Å². The largest absolute Gasteiger partial charge is 0.481 e. The van der Waals surface area contributed by atoms with Crippen LogP contribution in [0.4, 0.5) is 0 Å². The van der Waals surface area contributed by atoms with Gasteiger partial charge in [0.05, 0.1) is 11.3 Å². The molecule has 0 saturated heterocycles. The van der Waals surface area contributed by atoms with E-state index in [1.807, 2.05) is 6.92 Å². The Kier molecular flexibility index (Phi) is 13.7. The van der Waals surface area contributed by atoms with E-state index in [-0.39, 0.29) is 12.1 Å². The molecule has 0 amide bonds. The van der Waals surface area contributed by atoms with E-state index in [2.05, 4.69) is 34.6 Å². The number of hydrogen-bond donors (Lipinski definition) is 1. The summed E-state index contributed by atoms with van der Waals surface area (Å²) in [4.78, 5) is 25.1. The SMILES string of the molecule is CCCCCCCCCCC(CCC(C)CC(C)(C)C)OC(=O)C1(C)CCCCC1C(=O)O. The third-order valence-electron chi connectivity index (χ3n) is 7.57. The van der Waals surface area contributed by atoms with Crippen LogP contribution in [0.1, 0.15) is 144 Å². The van der Waals surface area contributed by atoms with Crippen LogP contribution >= 0.6 is 0 Å². The molecule has 4 nitrogen and oxygen atoms in total. The molecule has 0 bridgehead atoms. The minimum absolute atomic E-state index is 0.0896. The Morgan fingerprint density at radius 1 is 0.970 bits per heavy atom. The number of esters is 1. The molecule has 0 heterocycles. The maximum atomic E-state index is 13.3. The predicted molar refractivity (Wildman–Crippen MR) is 137 cm³/mol. The number of hydrogen-bond acceptors (Lipinski definition) is 3. The monoisotopic (exact) mass is 466 g/mol. The van der Waals surface area contributed by atoms with E-state index in [9.17, 15) is 14.7 Å². The summed E-state index contributed by atoms with van der Waals surface area (Å²) in [5.74, 6) is -1.17. The summed E-state index contributed by atoms with van der Waals surface area (Å²) in [5, 5.41) is 9.71. The van der Waals surface area contributed by atoms with Crippen LogP contribution in [0.15, 0.2) is 0 Å². The van der Waals surface area contributed by atoms with Gasteiger partial charge in [-0.2, -0.15) is 0 Å². The van der Waals surface area contributed by atoms with Gasteiger partial charge in [-0.05, 0) is 63.2 Å². The number of ether oxygens (including phenoxy) is 1. The number of carbonyl (C=O) groups is 2. The number of unbranched alkanes of at least 4 members (excludes halogenated alkanes) is 7. The van der Waals surface area contributed by atoms with Gasteiger partial charge in [-0.25, -0.2) is 0 Å². The van der Waals surface area contributed by atoms with Gasteiger partial charge in [-0.15, -0.1) is 0 Å². The molecule has 1 aliphatic carbocycles. The fraction of sp³-hybridized carbons (Fsp3) is 0.931. The average molecular weight is 467 g/mol. The summed E-state index contributed by atoms with van der Waals surface area (Å²) in [6, 6.07) is 0. The highest BCUT2D eigenvalue weighted by molar-refractivity contribution is 5.84. The lowest BCUT2D eigenvalue weighted by Gasteiger charge is -2.38. The molecule has 4 unspecified atom stereocenters. The van der Waals surface area contributed by atoms with Crippen LogP contribution in [-0.2, 0) is 14.3 Å². The van der Waals surface area contributed by atoms with Crippen LogP contribution < -0.4 is 0 Å². The van der Waals surface area contributed by atoms with Crippen molar-refractivity contribution < 1.29 is 19.4 Å². The summed E-state index contributed by atoms with van der Waals surface area (Å²) in [7, 11) is 0. The molecule has 1 rings (SSSR count). The van der Waals surface area contributed by atoms with Gasteiger partial charge in [-0.3, -0.25) is 9.59 Å². The molecule has 194 valence electrons. The molecule has 1 fully saturated rings. The maximum absolute atomic E-state index is 13.3. The van der Waals surface area contributed by atoms with E-state index in [4.69, 9.17) is 4.74 Å². The maximum Gasteiger partial charge on any atom is 0.312 e. The van der Waals surface area contributed by atoms with Crippen LogP contribution in [0.25, 0.3) is 0 Å². The highest BCUT2D eigenvalue weighted by Gasteiger charge is 2.48. The van der Waals surface area contributed by atoms with Crippen molar-refractivity contribution in [3.63, 3.8) is 0 Å². The smallest absolute Gasteiger partial charge is 0.312 e. The first-order valence-corrected chi connectivity index (χ1v) is 13.9. The van der Waals surface area contributed by atoms with E-state index in [0.29, 0.717) is 24.2 Å². The second-order valence-corrected chi connectivity index (χ2v) is 12.3. The molecule has 4 heteroatoms. The van der Waals surface area contributed by atoms with Crippen molar-refractivity contribution in [1.29, 1.82) is 0 Å². The number of carboxylic acid groups (broad SMARTS) is 1. The average Bonchev–Trinajstić information content (AvgIpc) is 2.72. The number of carboxylic acids is 1. The fourth-order valence-corrected chi connectivity index (χ4v) is 5.65. The molecule has 0 aromatic rings. The summed E-state index contributed by atoms with van der Waals surface area (Å²) in [6.07, 6.45) is 17.0. The highest BCUT2D eigenvalue weighted by Crippen LogP contribution is 2.43. The molecule has 1 aliphatic rings. The molecule has 4 atom stereocenters. The summed E-state index contributed by atoms with van der Waals surface area (Å²) in [5.41, 5.74) is -0.591. The molecular formula is C29H54O4. The van der Waals surface area contributed by atoms with Crippen molar-refractivity contribution in [2.75, 3.05) is 0 Å². The number of rotatable bonds is 16. The van der Waals surface area contributed by atoms with Crippen LogP contribution in [0, 0.1) is 22.7 Å². The van der Waals surface area contributed by atoms with E-state index in [1.54, 1.807) is 0 Å². The van der Waals surface area contributed by atoms with Crippen LogP contribution in [0.3, 0.4) is 0 Å². The topological polar surface area (TPSA) is 63.6 Å². The second-order valence-electron chi connectivity index (χ2n) is 12.3. The van der Waals surface area contributed by atoms with Crippen LogP contribution in [0.2, 0.25) is 0 Å². The highest BCUT2D eigenvalue weighted by atomic mass is 16.5. The van der Waals surface area contributed by atoms with Gasteiger partial charge in [0.2, 0.25) is 0 Å². The Hall–Kier alpha value is -1.06. The molecule has 1 N–H and O–H groups in total. The minimum Gasteiger partial charge on any atom is -0.481 e. The number of carbonyl (C=O) groups excluding carboxylic acids is 1. The Morgan fingerprint density at radius 3 is 2.15 bits per heavy atom. The van der Waals surface area contributed by atoms with Gasteiger partial charge in [0.25, 0.3) is 0 Å². The molecule has 0 spiro atoms. The van der Waals surface area contributed by atoms with E-state index in [1.165, 1.54) is 44.9 Å². The third kappa shape index (κ3) is 11.8. The fourth-order valence-electron chi connectivity index (χ4n) is 5.65. The predicted octanol–water partition coefficient (Wildman–Crippen LogP) is 8.56. The molecule has 0 aromatic carbocycles. The Morgan fingerprint density at radius 2 is 1.58 bits per heavy atom. The lowest BCUT2D eigenvalue weighted by Crippen LogP contribution is -2.44. The molecule has 0 radical (unpaired) electrons. The zero-order chi connectivity index (χ0) is 24.9. The van der Waals surface area contributed by atoms with Gasteiger partial charge in [0.15, 0.2) is 0 Å². The minimum atomic E-state index is -0.890. The first-order chi connectivity index (χ1) is 15.5. The van der Waals surface area contributed by atoms with Crippen molar-refractivity contribution in [3.05, 3.63) is 0 Å². The molecule has 1 saturated carbocycles. The quantitative estimate of drug-likeness (QED) is 0.183. The van der Waals surface area contributed by atoms with Crippen molar-refractivity contribution in [2.24, 2.45) is 22.7 Å². The Bertz CT molecular complexity index is 564. The zero-order valence-electron chi connectivity index (χ0n) is 22.7. The van der Waals surface area contributed by atoms with E-state index in [0.717, 1.165) is 44.9 Å². The lowest BCUT2D eigenvalue weighted by atomic mass is 9.67. The second kappa shape index (κ2) is 15.0. The Labute approximate surface area is 204 Å². The summed E-state index contributed by atoms with van der Waals surface area (Å²) >= 11 is 0. The van der Waals surface area contributed by atoms with Gasteiger partial charge in [0.1, 0.15) is 6.10 Å². The van der Waals surface area contributed by atoms with Gasteiger partial charge in [0, 0.05) is 0 Å². The molecule has 33 heavy (non-hydrogen) atoms. The Balaban J connectivity index is 2.65. The summed E-state index contributed by atoms with van der Waals surface area (Å²) < 4.78 is 6.11. The van der Waals surface area contributed by atoms with E-state index >= 15 is 0 Å². The van der Waals surface area contributed by atoms with Crippen molar-refractivity contribution in [1.82, 2.24) is 0 Å². The lowest BCUT2D eigenvalue weighted by molar-refractivity contribution is -0.174.